The van der Waals surface area contributed by atoms with Gasteiger partial charge >= 0.3 is 0 Å². The van der Waals surface area contributed by atoms with E-state index in [1.807, 2.05) is 85.8 Å². The summed E-state index contributed by atoms with van der Waals surface area (Å²) in [4.78, 5) is 19.5. The molecule has 1 aliphatic rings. The predicted octanol–water partition coefficient (Wildman–Crippen LogP) is 4.87. The summed E-state index contributed by atoms with van der Waals surface area (Å²) < 4.78 is 0. The van der Waals surface area contributed by atoms with Crippen molar-refractivity contribution in [3.63, 3.8) is 0 Å². The quantitative estimate of drug-likeness (QED) is 0.748. The SMILES string of the molecule is CCN1C(=O)/C(=C\C=C\c2ccccc2)SC1=Nc1ccccc1. The van der Waals surface area contributed by atoms with E-state index in [-0.39, 0.29) is 5.91 Å². The summed E-state index contributed by atoms with van der Waals surface area (Å²) in [6.07, 6.45) is 5.76. The Morgan fingerprint density at radius 2 is 1.71 bits per heavy atom. The third-order valence-electron chi connectivity index (χ3n) is 3.52. The highest BCUT2D eigenvalue weighted by Gasteiger charge is 2.31. The van der Waals surface area contributed by atoms with Crippen LogP contribution in [0.3, 0.4) is 0 Å². The van der Waals surface area contributed by atoms with E-state index in [4.69, 9.17) is 0 Å². The number of allylic oxidation sites excluding steroid dienone is 2. The van der Waals surface area contributed by atoms with Gasteiger partial charge in [0.25, 0.3) is 5.91 Å². The zero-order chi connectivity index (χ0) is 16.8. The van der Waals surface area contributed by atoms with Crippen molar-refractivity contribution in [1.82, 2.24) is 4.90 Å². The van der Waals surface area contributed by atoms with E-state index in [0.29, 0.717) is 11.4 Å². The molecular weight excluding hydrogens is 316 g/mol. The van der Waals surface area contributed by atoms with Crippen molar-refractivity contribution in [2.24, 2.45) is 4.99 Å². The van der Waals surface area contributed by atoms with E-state index >= 15 is 0 Å². The monoisotopic (exact) mass is 334 g/mol. The summed E-state index contributed by atoms with van der Waals surface area (Å²) in [7, 11) is 0. The van der Waals surface area contributed by atoms with Crippen LogP contribution in [0.15, 0.2) is 82.7 Å². The average Bonchev–Trinajstić information content (AvgIpc) is 2.91. The second-order valence-electron chi connectivity index (χ2n) is 5.18. The molecular formula is C20H18N2OS. The second kappa shape index (κ2) is 7.79. The molecule has 0 aliphatic carbocycles. The molecule has 0 bridgehead atoms. The molecule has 0 atom stereocenters. The van der Waals surface area contributed by atoms with Gasteiger partial charge in [-0.3, -0.25) is 9.69 Å². The topological polar surface area (TPSA) is 32.7 Å². The summed E-state index contributed by atoms with van der Waals surface area (Å²) in [6.45, 7) is 2.57. The number of hydrogen-bond donors (Lipinski definition) is 0. The van der Waals surface area contributed by atoms with Gasteiger partial charge in [0.05, 0.1) is 10.6 Å². The molecule has 1 heterocycles. The Kier molecular flexibility index (Phi) is 5.29. The molecule has 3 rings (SSSR count). The van der Waals surface area contributed by atoms with Gasteiger partial charge in [-0.05, 0) is 42.5 Å². The van der Waals surface area contributed by atoms with Crippen LogP contribution in [-0.4, -0.2) is 22.5 Å². The first-order chi connectivity index (χ1) is 11.8. The smallest absolute Gasteiger partial charge is 0.266 e. The summed E-state index contributed by atoms with van der Waals surface area (Å²) in [5.41, 5.74) is 1.96. The Bertz CT molecular complexity index is 795. The molecule has 1 aliphatic heterocycles. The third kappa shape index (κ3) is 3.84. The number of benzene rings is 2. The Morgan fingerprint density at radius 1 is 1.04 bits per heavy atom. The molecule has 3 nitrogen and oxygen atoms in total. The normalized spacial score (nSPS) is 18.2. The van der Waals surface area contributed by atoms with E-state index in [1.165, 1.54) is 11.8 Å². The highest BCUT2D eigenvalue weighted by Crippen LogP contribution is 2.32. The van der Waals surface area contributed by atoms with Gasteiger partial charge in [-0.15, -0.1) is 0 Å². The third-order valence-corrected chi connectivity index (χ3v) is 4.55. The van der Waals surface area contributed by atoms with Gasteiger partial charge in [-0.1, -0.05) is 60.7 Å². The molecule has 0 unspecified atom stereocenters. The molecule has 1 saturated heterocycles. The van der Waals surface area contributed by atoms with Gasteiger partial charge < -0.3 is 0 Å². The first-order valence-corrected chi connectivity index (χ1v) is 8.66. The first-order valence-electron chi connectivity index (χ1n) is 7.85. The van der Waals surface area contributed by atoms with Crippen molar-refractivity contribution in [2.45, 2.75) is 6.92 Å². The molecule has 0 spiro atoms. The van der Waals surface area contributed by atoms with Crippen LogP contribution < -0.4 is 0 Å². The van der Waals surface area contributed by atoms with Gasteiger partial charge in [-0.2, -0.15) is 0 Å². The number of amidine groups is 1. The Labute approximate surface area is 146 Å². The molecule has 0 N–H and O–H groups in total. The average molecular weight is 334 g/mol. The molecule has 1 fully saturated rings. The fourth-order valence-electron chi connectivity index (χ4n) is 2.31. The van der Waals surface area contributed by atoms with Crippen LogP contribution in [0.25, 0.3) is 6.08 Å². The number of hydrogen-bond acceptors (Lipinski definition) is 3. The van der Waals surface area contributed by atoms with Crippen LogP contribution in [0.5, 0.6) is 0 Å². The van der Waals surface area contributed by atoms with Crippen LogP contribution in [-0.2, 0) is 4.79 Å². The highest BCUT2D eigenvalue weighted by molar-refractivity contribution is 8.18. The maximum Gasteiger partial charge on any atom is 0.266 e. The Morgan fingerprint density at radius 3 is 2.38 bits per heavy atom. The van der Waals surface area contributed by atoms with E-state index in [1.54, 1.807) is 4.90 Å². The summed E-state index contributed by atoms with van der Waals surface area (Å²) >= 11 is 1.42. The largest absolute Gasteiger partial charge is 0.287 e. The minimum atomic E-state index is 0.00916. The van der Waals surface area contributed by atoms with Crippen molar-refractivity contribution < 1.29 is 4.79 Å². The summed E-state index contributed by atoms with van der Waals surface area (Å²) in [5, 5.41) is 0.730. The number of carbonyl (C=O) groups is 1. The number of amides is 1. The van der Waals surface area contributed by atoms with Gasteiger partial charge in [0.15, 0.2) is 5.17 Å². The number of thioether (sulfide) groups is 1. The Balaban J connectivity index is 1.81. The van der Waals surface area contributed by atoms with Crippen LogP contribution >= 0.6 is 11.8 Å². The maximum absolute atomic E-state index is 12.5. The number of nitrogens with zero attached hydrogens (tertiary/aromatic N) is 2. The van der Waals surface area contributed by atoms with Crippen LogP contribution in [0.4, 0.5) is 5.69 Å². The zero-order valence-electron chi connectivity index (χ0n) is 13.4. The lowest BCUT2D eigenvalue weighted by Crippen LogP contribution is -2.28. The Hall–Kier alpha value is -2.59. The molecule has 0 radical (unpaired) electrons. The molecule has 2 aromatic carbocycles. The summed E-state index contributed by atoms with van der Waals surface area (Å²) in [6, 6.07) is 19.7. The lowest BCUT2D eigenvalue weighted by Gasteiger charge is -2.11. The predicted molar refractivity (Wildman–Crippen MR) is 102 cm³/mol. The van der Waals surface area contributed by atoms with E-state index < -0.39 is 0 Å². The molecule has 120 valence electrons. The van der Waals surface area contributed by atoms with Crippen molar-refractivity contribution in [1.29, 1.82) is 0 Å². The van der Waals surface area contributed by atoms with Crippen LogP contribution in [0, 0.1) is 0 Å². The second-order valence-corrected chi connectivity index (χ2v) is 6.19. The summed E-state index contributed by atoms with van der Waals surface area (Å²) in [5.74, 6) is 0.00916. The molecule has 2 aromatic rings. The van der Waals surface area contributed by atoms with Gasteiger partial charge in [0.2, 0.25) is 0 Å². The lowest BCUT2D eigenvalue weighted by atomic mass is 10.2. The molecule has 4 heteroatoms. The first kappa shape index (κ1) is 16.3. The number of rotatable bonds is 4. The number of para-hydroxylation sites is 1. The van der Waals surface area contributed by atoms with Gasteiger partial charge in [0, 0.05) is 6.54 Å². The molecule has 1 amide bonds. The zero-order valence-corrected chi connectivity index (χ0v) is 14.2. The van der Waals surface area contributed by atoms with Crippen LogP contribution in [0.2, 0.25) is 0 Å². The van der Waals surface area contributed by atoms with Gasteiger partial charge in [0.1, 0.15) is 0 Å². The van der Waals surface area contributed by atoms with E-state index in [0.717, 1.165) is 16.4 Å². The van der Waals surface area contributed by atoms with Crippen LogP contribution in [0.1, 0.15) is 12.5 Å². The molecule has 0 saturated carbocycles. The fraction of sp³-hybridized carbons (Fsp3) is 0.100. The van der Waals surface area contributed by atoms with Crippen molar-refractivity contribution in [3.8, 4) is 0 Å². The fourth-order valence-corrected chi connectivity index (χ4v) is 3.32. The maximum atomic E-state index is 12.5. The van der Waals surface area contributed by atoms with E-state index in [9.17, 15) is 4.79 Å². The van der Waals surface area contributed by atoms with Crippen molar-refractivity contribution >= 4 is 34.6 Å². The van der Waals surface area contributed by atoms with Crippen molar-refractivity contribution in [3.05, 3.63) is 83.3 Å². The van der Waals surface area contributed by atoms with Gasteiger partial charge in [-0.25, -0.2) is 4.99 Å². The minimum absolute atomic E-state index is 0.00916. The number of aliphatic imine (C=N–C) groups is 1. The highest BCUT2D eigenvalue weighted by atomic mass is 32.2. The minimum Gasteiger partial charge on any atom is -0.287 e. The molecule has 0 aromatic heterocycles. The van der Waals surface area contributed by atoms with E-state index in [2.05, 4.69) is 4.99 Å². The van der Waals surface area contributed by atoms with Crippen molar-refractivity contribution in [2.75, 3.05) is 6.54 Å². The number of carbonyl (C=O) groups excluding carboxylic acids is 1. The molecule has 24 heavy (non-hydrogen) atoms. The number of likely N-dealkylation sites (N-methyl/N-ethyl adjacent to an activating group) is 1. The standard InChI is InChI=1S/C20H18N2OS/c1-2-22-19(23)18(15-9-12-16-10-5-3-6-11-16)24-20(22)21-17-13-7-4-8-14-17/h3-15H,2H2,1H3/b12-9+,18-15+,21-20?. The lowest BCUT2D eigenvalue weighted by molar-refractivity contribution is -0.122.